The molecular formula is C21H24ClN3O2. The van der Waals surface area contributed by atoms with Crippen molar-refractivity contribution >= 4 is 23.4 Å². The van der Waals surface area contributed by atoms with Gasteiger partial charge in [0.05, 0.1) is 0 Å². The molecule has 27 heavy (non-hydrogen) atoms. The molecule has 0 saturated carbocycles. The molecule has 142 valence electrons. The van der Waals surface area contributed by atoms with Gasteiger partial charge in [0.25, 0.3) is 5.91 Å². The molecule has 5 nitrogen and oxygen atoms in total. The van der Waals surface area contributed by atoms with E-state index in [1.54, 1.807) is 24.3 Å². The van der Waals surface area contributed by atoms with Crippen LogP contribution < -0.4 is 5.32 Å². The molecule has 1 aliphatic heterocycles. The molecule has 6 heteroatoms. The van der Waals surface area contributed by atoms with E-state index >= 15 is 0 Å². The van der Waals surface area contributed by atoms with Gasteiger partial charge < -0.3 is 15.1 Å². The second kappa shape index (κ2) is 9.02. The number of hydrogen-bond donors (Lipinski definition) is 1. The highest BCUT2D eigenvalue weighted by Crippen LogP contribution is 2.12. The Kier molecular flexibility index (Phi) is 6.48. The quantitative estimate of drug-likeness (QED) is 0.860. The Morgan fingerprint density at radius 3 is 2.26 bits per heavy atom. The van der Waals surface area contributed by atoms with E-state index in [9.17, 15) is 9.59 Å². The molecule has 1 atom stereocenters. The molecular weight excluding hydrogens is 362 g/mol. The van der Waals surface area contributed by atoms with Crippen molar-refractivity contribution in [3.05, 3.63) is 70.7 Å². The van der Waals surface area contributed by atoms with Crippen molar-refractivity contribution in [1.29, 1.82) is 0 Å². The highest BCUT2D eigenvalue weighted by atomic mass is 35.5. The summed E-state index contributed by atoms with van der Waals surface area (Å²) in [6.07, 6.45) is 0.464. The van der Waals surface area contributed by atoms with E-state index in [0.717, 1.165) is 18.7 Å². The summed E-state index contributed by atoms with van der Waals surface area (Å²) < 4.78 is 0. The molecule has 1 saturated heterocycles. The number of halogens is 1. The first-order chi connectivity index (χ1) is 13.0. The standard InChI is InChI=1S/C21H24ClN3O2/c1-24-11-13-25(14-12-24)21(27)19(15-16-5-3-2-4-6-16)23-20(26)17-7-9-18(22)10-8-17/h2-10,19H,11-15H2,1H3,(H,23,26). The number of nitrogens with one attached hydrogen (secondary N) is 1. The van der Waals surface area contributed by atoms with Crippen molar-refractivity contribution in [1.82, 2.24) is 15.1 Å². The molecule has 1 fully saturated rings. The average Bonchev–Trinajstić information content (AvgIpc) is 2.69. The van der Waals surface area contributed by atoms with Crippen LogP contribution in [0.3, 0.4) is 0 Å². The van der Waals surface area contributed by atoms with E-state index < -0.39 is 6.04 Å². The van der Waals surface area contributed by atoms with Gasteiger partial charge in [0.1, 0.15) is 6.04 Å². The molecule has 2 aromatic carbocycles. The van der Waals surface area contributed by atoms with Gasteiger partial charge in [-0.15, -0.1) is 0 Å². The minimum absolute atomic E-state index is 0.0331. The number of carbonyl (C=O) groups excluding carboxylic acids is 2. The minimum atomic E-state index is -0.598. The first-order valence-electron chi connectivity index (χ1n) is 9.10. The van der Waals surface area contributed by atoms with E-state index in [0.29, 0.717) is 30.1 Å². The Morgan fingerprint density at radius 2 is 1.63 bits per heavy atom. The van der Waals surface area contributed by atoms with Crippen LogP contribution in [0.25, 0.3) is 0 Å². The molecule has 1 aliphatic rings. The zero-order valence-corrected chi connectivity index (χ0v) is 16.2. The number of rotatable bonds is 5. The third-order valence-corrected chi connectivity index (χ3v) is 5.06. The monoisotopic (exact) mass is 385 g/mol. The molecule has 0 aliphatic carbocycles. The number of nitrogens with zero attached hydrogens (tertiary/aromatic N) is 2. The SMILES string of the molecule is CN1CCN(C(=O)C(Cc2ccccc2)NC(=O)c2ccc(Cl)cc2)CC1. The van der Waals surface area contributed by atoms with Crippen LogP contribution in [0.4, 0.5) is 0 Å². The van der Waals surface area contributed by atoms with Crippen molar-refractivity contribution in [3.63, 3.8) is 0 Å². The lowest BCUT2D eigenvalue weighted by Crippen LogP contribution is -2.55. The van der Waals surface area contributed by atoms with Gasteiger partial charge >= 0.3 is 0 Å². The van der Waals surface area contributed by atoms with Crippen LogP contribution in [0, 0.1) is 0 Å². The lowest BCUT2D eigenvalue weighted by molar-refractivity contribution is -0.134. The largest absolute Gasteiger partial charge is 0.340 e. The molecule has 1 N–H and O–H groups in total. The topological polar surface area (TPSA) is 52.6 Å². The van der Waals surface area contributed by atoms with Crippen LogP contribution in [-0.2, 0) is 11.2 Å². The van der Waals surface area contributed by atoms with Crippen LogP contribution >= 0.6 is 11.6 Å². The Hall–Kier alpha value is -2.37. The fourth-order valence-corrected chi connectivity index (χ4v) is 3.27. The Labute approximate surface area is 164 Å². The summed E-state index contributed by atoms with van der Waals surface area (Å²) in [5, 5.41) is 3.49. The highest BCUT2D eigenvalue weighted by molar-refractivity contribution is 6.30. The fraction of sp³-hybridized carbons (Fsp3) is 0.333. The summed E-state index contributed by atoms with van der Waals surface area (Å²) in [5.41, 5.74) is 1.50. The first kappa shape index (κ1) is 19.4. The van der Waals surface area contributed by atoms with Gasteiger partial charge in [0.15, 0.2) is 0 Å². The summed E-state index contributed by atoms with van der Waals surface area (Å²) >= 11 is 5.90. The predicted molar refractivity (Wildman–Crippen MR) is 107 cm³/mol. The van der Waals surface area contributed by atoms with E-state index in [4.69, 9.17) is 11.6 Å². The van der Waals surface area contributed by atoms with E-state index in [-0.39, 0.29) is 11.8 Å². The number of amides is 2. The fourth-order valence-electron chi connectivity index (χ4n) is 3.14. The zero-order valence-electron chi connectivity index (χ0n) is 15.4. The van der Waals surface area contributed by atoms with Gasteiger partial charge in [-0.1, -0.05) is 41.9 Å². The smallest absolute Gasteiger partial charge is 0.251 e. The molecule has 0 bridgehead atoms. The second-order valence-corrected chi connectivity index (χ2v) is 7.29. The summed E-state index contributed by atoms with van der Waals surface area (Å²) in [4.78, 5) is 29.8. The van der Waals surface area contributed by atoms with Crippen molar-refractivity contribution in [3.8, 4) is 0 Å². The number of carbonyl (C=O) groups is 2. The molecule has 0 radical (unpaired) electrons. The van der Waals surface area contributed by atoms with Crippen molar-refractivity contribution in [2.75, 3.05) is 33.2 Å². The summed E-state index contributed by atoms with van der Waals surface area (Å²) in [6, 6.07) is 15.8. The van der Waals surface area contributed by atoms with Gasteiger partial charge in [0, 0.05) is 43.2 Å². The number of hydrogen-bond acceptors (Lipinski definition) is 3. The molecule has 2 amide bonds. The molecule has 0 spiro atoms. The first-order valence-corrected chi connectivity index (χ1v) is 9.48. The van der Waals surface area contributed by atoms with Gasteiger partial charge in [-0.25, -0.2) is 0 Å². The maximum atomic E-state index is 13.1. The minimum Gasteiger partial charge on any atom is -0.340 e. The molecule has 3 rings (SSSR count). The van der Waals surface area contributed by atoms with Crippen LogP contribution in [0.2, 0.25) is 5.02 Å². The van der Waals surface area contributed by atoms with Crippen LogP contribution in [0.5, 0.6) is 0 Å². The average molecular weight is 386 g/mol. The lowest BCUT2D eigenvalue weighted by atomic mass is 10.0. The number of likely N-dealkylation sites (N-methyl/N-ethyl adjacent to an activating group) is 1. The molecule has 0 aromatic heterocycles. The van der Waals surface area contributed by atoms with Crippen LogP contribution in [0.15, 0.2) is 54.6 Å². The lowest BCUT2D eigenvalue weighted by Gasteiger charge is -2.34. The van der Waals surface area contributed by atoms with Crippen LogP contribution in [0.1, 0.15) is 15.9 Å². The maximum absolute atomic E-state index is 13.1. The van der Waals surface area contributed by atoms with Gasteiger partial charge in [-0.2, -0.15) is 0 Å². The van der Waals surface area contributed by atoms with Crippen molar-refractivity contribution in [2.24, 2.45) is 0 Å². The number of benzene rings is 2. The number of piperazine rings is 1. The van der Waals surface area contributed by atoms with Crippen LogP contribution in [-0.4, -0.2) is 60.9 Å². The zero-order chi connectivity index (χ0) is 19.2. The normalized spacial score (nSPS) is 16.0. The summed E-state index contributed by atoms with van der Waals surface area (Å²) in [5.74, 6) is -0.302. The third-order valence-electron chi connectivity index (χ3n) is 4.81. The Balaban J connectivity index is 1.75. The van der Waals surface area contributed by atoms with Gasteiger partial charge in [0.2, 0.25) is 5.91 Å². The van der Waals surface area contributed by atoms with E-state index in [2.05, 4.69) is 10.2 Å². The third kappa shape index (κ3) is 5.31. The van der Waals surface area contributed by atoms with Gasteiger partial charge in [-0.3, -0.25) is 9.59 Å². The second-order valence-electron chi connectivity index (χ2n) is 6.85. The molecule has 2 aromatic rings. The van der Waals surface area contributed by atoms with E-state index in [1.807, 2.05) is 42.3 Å². The Bertz CT molecular complexity index is 772. The predicted octanol–water partition coefficient (Wildman–Crippen LogP) is 2.46. The molecule has 1 heterocycles. The van der Waals surface area contributed by atoms with Gasteiger partial charge in [-0.05, 0) is 36.9 Å². The highest BCUT2D eigenvalue weighted by Gasteiger charge is 2.28. The van der Waals surface area contributed by atoms with Crippen molar-refractivity contribution in [2.45, 2.75) is 12.5 Å². The summed E-state index contributed by atoms with van der Waals surface area (Å²) in [6.45, 7) is 3.04. The molecule has 1 unspecified atom stereocenters. The van der Waals surface area contributed by atoms with E-state index in [1.165, 1.54) is 0 Å². The van der Waals surface area contributed by atoms with Crippen molar-refractivity contribution < 1.29 is 9.59 Å². The Morgan fingerprint density at radius 1 is 1.00 bits per heavy atom. The maximum Gasteiger partial charge on any atom is 0.251 e. The summed E-state index contributed by atoms with van der Waals surface area (Å²) in [7, 11) is 2.05.